The van der Waals surface area contributed by atoms with E-state index in [1.54, 1.807) is 69.3 Å². The van der Waals surface area contributed by atoms with Gasteiger partial charge in [0.05, 0.1) is 0 Å². The summed E-state index contributed by atoms with van der Waals surface area (Å²) in [6.07, 6.45) is -0.580. The first-order valence-corrected chi connectivity index (χ1v) is 8.39. The van der Waals surface area contributed by atoms with Gasteiger partial charge in [0.2, 0.25) is 0 Å². The zero-order valence-electron chi connectivity index (χ0n) is 15.7. The third-order valence-corrected chi connectivity index (χ3v) is 3.23. The van der Waals surface area contributed by atoms with Crippen LogP contribution < -0.4 is 10.6 Å². The Bertz CT molecular complexity index is 947. The van der Waals surface area contributed by atoms with Gasteiger partial charge in [-0.2, -0.15) is 0 Å². The van der Waals surface area contributed by atoms with E-state index in [-0.39, 0.29) is 5.91 Å². The summed E-state index contributed by atoms with van der Waals surface area (Å²) >= 11 is 0. The van der Waals surface area contributed by atoms with E-state index in [2.05, 4.69) is 16.6 Å². The van der Waals surface area contributed by atoms with E-state index >= 15 is 0 Å². The standard InChI is InChI=1S/C21H20N2O5/c1-21(2,3)28-20(27)23-16-10-8-15(9-11-16)19(26)22-17-6-4-5-14(13-17)7-12-18(24)25/h4-6,8-11,13H,1-3H3,(H,22,26)(H,23,27)(H,24,25). The summed E-state index contributed by atoms with van der Waals surface area (Å²) < 4.78 is 5.17. The van der Waals surface area contributed by atoms with Crippen molar-refractivity contribution in [2.45, 2.75) is 26.4 Å². The minimum atomic E-state index is -1.23. The van der Waals surface area contributed by atoms with Crippen LogP contribution in [-0.4, -0.2) is 28.7 Å². The number of hydrogen-bond acceptors (Lipinski definition) is 4. The van der Waals surface area contributed by atoms with Gasteiger partial charge in [-0.1, -0.05) is 12.0 Å². The number of nitrogens with one attached hydrogen (secondary N) is 2. The van der Waals surface area contributed by atoms with Gasteiger partial charge < -0.3 is 15.2 Å². The molecule has 0 saturated heterocycles. The average Bonchev–Trinajstić information content (AvgIpc) is 2.59. The summed E-state index contributed by atoms with van der Waals surface area (Å²) in [6, 6.07) is 12.9. The Balaban J connectivity index is 2.02. The van der Waals surface area contributed by atoms with Crippen molar-refractivity contribution < 1.29 is 24.2 Å². The van der Waals surface area contributed by atoms with Crippen LogP contribution >= 0.6 is 0 Å². The molecule has 2 rings (SSSR count). The SMILES string of the molecule is CC(C)(C)OC(=O)Nc1ccc(C(=O)Nc2cccc(C#CC(=O)O)c2)cc1. The third kappa shape index (κ3) is 6.84. The van der Waals surface area contributed by atoms with Gasteiger partial charge in [-0.05, 0) is 63.2 Å². The molecule has 0 aliphatic rings. The van der Waals surface area contributed by atoms with Gasteiger partial charge in [-0.3, -0.25) is 10.1 Å². The Morgan fingerprint density at radius 2 is 1.64 bits per heavy atom. The number of carbonyl (C=O) groups excluding carboxylic acids is 2. The summed E-state index contributed by atoms with van der Waals surface area (Å²) in [4.78, 5) is 34.6. The highest BCUT2D eigenvalue weighted by Gasteiger charge is 2.16. The first-order valence-electron chi connectivity index (χ1n) is 8.39. The van der Waals surface area contributed by atoms with Crippen molar-refractivity contribution in [3.8, 4) is 11.8 Å². The first kappa shape index (κ1) is 20.5. The second kappa shape index (κ2) is 8.73. The number of amides is 2. The molecule has 7 heteroatoms. The van der Waals surface area contributed by atoms with Gasteiger partial charge >= 0.3 is 12.1 Å². The molecule has 7 nitrogen and oxygen atoms in total. The molecular formula is C21H20N2O5. The van der Waals surface area contributed by atoms with Crippen LogP contribution in [0.25, 0.3) is 0 Å². The molecule has 0 radical (unpaired) electrons. The van der Waals surface area contributed by atoms with E-state index in [1.165, 1.54) is 0 Å². The van der Waals surface area contributed by atoms with E-state index in [4.69, 9.17) is 9.84 Å². The number of aliphatic carboxylic acids is 1. The van der Waals surface area contributed by atoms with Crippen LogP contribution in [0.2, 0.25) is 0 Å². The van der Waals surface area contributed by atoms with Crippen molar-refractivity contribution in [3.63, 3.8) is 0 Å². The number of benzene rings is 2. The third-order valence-electron chi connectivity index (χ3n) is 3.23. The Hall–Kier alpha value is -3.79. The highest BCUT2D eigenvalue weighted by molar-refractivity contribution is 6.04. The van der Waals surface area contributed by atoms with Gasteiger partial charge in [-0.15, -0.1) is 0 Å². The van der Waals surface area contributed by atoms with Crippen molar-refractivity contribution in [1.82, 2.24) is 0 Å². The second-order valence-electron chi connectivity index (χ2n) is 6.79. The summed E-state index contributed by atoms with van der Waals surface area (Å²) in [6.45, 7) is 5.30. The maximum Gasteiger partial charge on any atom is 0.412 e. The van der Waals surface area contributed by atoms with E-state index in [9.17, 15) is 14.4 Å². The van der Waals surface area contributed by atoms with Crippen LogP contribution in [0.3, 0.4) is 0 Å². The molecule has 0 unspecified atom stereocenters. The lowest BCUT2D eigenvalue weighted by Crippen LogP contribution is -2.27. The van der Waals surface area contributed by atoms with E-state index in [1.807, 2.05) is 5.92 Å². The van der Waals surface area contributed by atoms with E-state index in [0.29, 0.717) is 22.5 Å². The largest absolute Gasteiger partial charge is 0.472 e. The molecule has 2 amide bonds. The molecule has 0 bridgehead atoms. The molecule has 2 aromatic rings. The summed E-state index contributed by atoms with van der Waals surface area (Å²) in [5.74, 6) is 2.92. The number of carboxylic acids is 1. The lowest BCUT2D eigenvalue weighted by molar-refractivity contribution is -0.130. The summed E-state index contributed by atoms with van der Waals surface area (Å²) in [5, 5.41) is 13.9. The molecule has 144 valence electrons. The number of carboxylic acid groups (broad SMARTS) is 1. The number of rotatable bonds is 3. The predicted molar refractivity (Wildman–Crippen MR) is 105 cm³/mol. The predicted octanol–water partition coefficient (Wildman–Crippen LogP) is 3.72. The molecule has 0 atom stereocenters. The van der Waals surface area contributed by atoms with E-state index < -0.39 is 17.7 Å². The van der Waals surface area contributed by atoms with Gasteiger partial charge in [0.25, 0.3) is 5.91 Å². The first-order chi connectivity index (χ1) is 13.1. The zero-order chi connectivity index (χ0) is 20.7. The van der Waals surface area contributed by atoms with Crippen LogP contribution in [0.15, 0.2) is 48.5 Å². The average molecular weight is 380 g/mol. The van der Waals surface area contributed by atoms with Crippen LogP contribution in [0.1, 0.15) is 36.7 Å². The molecule has 3 N–H and O–H groups in total. The molecule has 0 aliphatic heterocycles. The topological polar surface area (TPSA) is 105 Å². The van der Waals surface area contributed by atoms with Gasteiger partial charge in [0.1, 0.15) is 5.60 Å². The summed E-state index contributed by atoms with van der Waals surface area (Å²) in [7, 11) is 0. The molecule has 0 aliphatic carbocycles. The Morgan fingerprint density at radius 1 is 0.964 bits per heavy atom. The molecule has 2 aromatic carbocycles. The van der Waals surface area contributed by atoms with Gasteiger partial charge in [-0.25, -0.2) is 9.59 Å². The van der Waals surface area contributed by atoms with Gasteiger partial charge in [0.15, 0.2) is 0 Å². The Labute approximate surface area is 162 Å². The van der Waals surface area contributed by atoms with Crippen molar-refractivity contribution in [1.29, 1.82) is 0 Å². The maximum atomic E-state index is 12.4. The highest BCUT2D eigenvalue weighted by atomic mass is 16.6. The van der Waals surface area contributed by atoms with Crippen molar-refractivity contribution in [2.75, 3.05) is 10.6 Å². The number of hydrogen-bond donors (Lipinski definition) is 3. The normalized spacial score (nSPS) is 10.2. The molecule has 0 spiro atoms. The lowest BCUT2D eigenvalue weighted by Gasteiger charge is -2.19. The molecular weight excluding hydrogens is 360 g/mol. The lowest BCUT2D eigenvalue weighted by atomic mass is 10.1. The van der Waals surface area contributed by atoms with Crippen molar-refractivity contribution in [3.05, 3.63) is 59.7 Å². The molecule has 0 fully saturated rings. The number of anilines is 2. The Kier molecular flexibility index (Phi) is 6.40. The number of carbonyl (C=O) groups is 3. The highest BCUT2D eigenvalue weighted by Crippen LogP contribution is 2.15. The zero-order valence-corrected chi connectivity index (χ0v) is 15.7. The fraction of sp³-hybridized carbons (Fsp3) is 0.190. The van der Waals surface area contributed by atoms with Crippen molar-refractivity contribution >= 4 is 29.3 Å². The fourth-order valence-corrected chi connectivity index (χ4v) is 2.13. The molecule has 0 heterocycles. The second-order valence-corrected chi connectivity index (χ2v) is 6.79. The molecule has 28 heavy (non-hydrogen) atoms. The van der Waals surface area contributed by atoms with Gasteiger partial charge in [0, 0.05) is 28.4 Å². The smallest absolute Gasteiger partial charge is 0.412 e. The fourth-order valence-electron chi connectivity index (χ4n) is 2.13. The maximum absolute atomic E-state index is 12.4. The quantitative estimate of drug-likeness (QED) is 0.704. The van der Waals surface area contributed by atoms with Crippen LogP contribution in [0.5, 0.6) is 0 Å². The van der Waals surface area contributed by atoms with Crippen molar-refractivity contribution in [2.24, 2.45) is 0 Å². The Morgan fingerprint density at radius 3 is 2.25 bits per heavy atom. The van der Waals surface area contributed by atoms with E-state index in [0.717, 1.165) is 0 Å². The monoisotopic (exact) mass is 380 g/mol. The minimum Gasteiger partial charge on any atom is -0.472 e. The van der Waals surface area contributed by atoms with Crippen LogP contribution in [-0.2, 0) is 9.53 Å². The van der Waals surface area contributed by atoms with Crippen LogP contribution in [0.4, 0.5) is 16.2 Å². The van der Waals surface area contributed by atoms with Crippen LogP contribution in [0, 0.1) is 11.8 Å². The number of ether oxygens (including phenoxy) is 1. The minimum absolute atomic E-state index is 0.354. The molecule has 0 aromatic heterocycles. The molecule has 0 saturated carbocycles. The summed E-state index contributed by atoms with van der Waals surface area (Å²) in [5.41, 5.74) is 1.23.